The Morgan fingerprint density at radius 2 is 1.44 bits per heavy atom. The largest absolute Gasteiger partial charge is 0.491 e. The van der Waals surface area contributed by atoms with Crippen molar-refractivity contribution in [1.82, 2.24) is 0 Å². The summed E-state index contributed by atoms with van der Waals surface area (Å²) in [7, 11) is 0. The van der Waals surface area contributed by atoms with Crippen LogP contribution in [0.4, 0.5) is 4.39 Å². The van der Waals surface area contributed by atoms with E-state index in [0.717, 1.165) is 33.4 Å². The van der Waals surface area contributed by atoms with Crippen molar-refractivity contribution in [3.8, 4) is 39.1 Å². The van der Waals surface area contributed by atoms with Gasteiger partial charge in [-0.05, 0) is 64.6 Å². The number of hydrogen-bond acceptors (Lipinski definition) is 4. The molecule has 182 valence electrons. The van der Waals surface area contributed by atoms with Crippen molar-refractivity contribution in [2.45, 2.75) is 13.5 Å². The van der Waals surface area contributed by atoms with Gasteiger partial charge in [-0.15, -0.1) is 0 Å². The Hall–Kier alpha value is -4.22. The zero-order chi connectivity index (χ0) is 25.5. The normalized spacial score (nSPS) is 10.6. The molecule has 36 heavy (non-hydrogen) atoms. The molecule has 0 heterocycles. The molecule has 4 nitrogen and oxygen atoms in total. The van der Waals surface area contributed by atoms with E-state index < -0.39 is 5.97 Å². The van der Waals surface area contributed by atoms with Gasteiger partial charge in [-0.25, -0.2) is 9.18 Å². The zero-order valence-electron chi connectivity index (χ0n) is 20.0. The summed E-state index contributed by atoms with van der Waals surface area (Å²) in [4.78, 5) is 11.7. The zero-order valence-corrected chi connectivity index (χ0v) is 20.0. The molecule has 0 aliphatic heterocycles. The number of ether oxygens (including phenoxy) is 2. The van der Waals surface area contributed by atoms with E-state index in [9.17, 15) is 4.79 Å². The van der Waals surface area contributed by atoms with E-state index in [1.54, 1.807) is 25.1 Å². The van der Waals surface area contributed by atoms with Gasteiger partial charge < -0.3 is 14.6 Å². The first-order valence-corrected chi connectivity index (χ1v) is 11.6. The number of carbonyl (C=O) groups is 1. The van der Waals surface area contributed by atoms with Gasteiger partial charge in [0.15, 0.2) is 0 Å². The summed E-state index contributed by atoms with van der Waals surface area (Å²) in [6, 6.07) is 28.0. The minimum atomic E-state index is -0.415. The fourth-order valence-corrected chi connectivity index (χ4v) is 3.79. The van der Waals surface area contributed by atoms with Crippen LogP contribution in [0.25, 0.3) is 33.4 Å². The fourth-order valence-electron chi connectivity index (χ4n) is 3.79. The van der Waals surface area contributed by atoms with Crippen molar-refractivity contribution in [2.75, 3.05) is 13.2 Å². The molecular formula is C31H27FO4. The Balaban J connectivity index is 1.48. The summed E-state index contributed by atoms with van der Waals surface area (Å²) in [6.45, 7) is 5.57. The molecule has 0 unspecified atom stereocenters. The van der Waals surface area contributed by atoms with E-state index in [-0.39, 0.29) is 25.6 Å². The van der Waals surface area contributed by atoms with Crippen LogP contribution in [0.15, 0.2) is 103 Å². The van der Waals surface area contributed by atoms with Crippen LogP contribution >= 0.6 is 0 Å². The second-order valence-electron chi connectivity index (χ2n) is 8.43. The molecule has 5 heteroatoms. The third kappa shape index (κ3) is 6.06. The maximum Gasteiger partial charge on any atom is 0.333 e. The second-order valence-corrected chi connectivity index (χ2v) is 8.43. The SMILES string of the molecule is C=C(C)C(=O)OCc1cccc(-c2ccc(-c3ccc(-c4ccc(OCCO)cc4)cc3F)cc2)c1. The van der Waals surface area contributed by atoms with Gasteiger partial charge in [0.05, 0.1) is 6.61 Å². The number of rotatable bonds is 9. The third-order valence-electron chi connectivity index (χ3n) is 5.69. The summed E-state index contributed by atoms with van der Waals surface area (Å²) in [5.74, 6) is -0.0625. The molecule has 4 rings (SSSR count). The highest BCUT2D eigenvalue weighted by Crippen LogP contribution is 2.31. The predicted molar refractivity (Wildman–Crippen MR) is 140 cm³/mol. The minimum absolute atomic E-state index is 0.0469. The Morgan fingerprint density at radius 1 is 0.833 bits per heavy atom. The lowest BCUT2D eigenvalue weighted by molar-refractivity contribution is -0.140. The highest BCUT2D eigenvalue weighted by Gasteiger charge is 2.09. The van der Waals surface area contributed by atoms with Crippen molar-refractivity contribution in [3.63, 3.8) is 0 Å². The summed E-state index contributed by atoms with van der Waals surface area (Å²) in [5.41, 5.74) is 6.15. The molecule has 0 aromatic heterocycles. The number of aliphatic hydroxyl groups excluding tert-OH is 1. The molecule has 0 spiro atoms. The van der Waals surface area contributed by atoms with E-state index in [1.165, 1.54) is 6.07 Å². The highest BCUT2D eigenvalue weighted by molar-refractivity contribution is 5.87. The molecule has 0 saturated carbocycles. The van der Waals surface area contributed by atoms with Crippen LogP contribution in [-0.2, 0) is 16.1 Å². The van der Waals surface area contributed by atoms with Gasteiger partial charge in [-0.2, -0.15) is 0 Å². The topological polar surface area (TPSA) is 55.8 Å². The maximum atomic E-state index is 15.1. The standard InChI is InChI=1S/C31H27FO4/c1-21(2)31(34)36-20-22-4-3-5-26(18-22)23-6-8-25(9-7-23)29-15-12-27(19-30(29)32)24-10-13-28(14-11-24)35-17-16-33/h3-15,18-19,33H,1,16-17,20H2,2H3. The number of benzene rings is 4. The molecule has 0 radical (unpaired) electrons. The molecule has 4 aromatic carbocycles. The van der Waals surface area contributed by atoms with E-state index >= 15 is 4.39 Å². The van der Waals surface area contributed by atoms with Gasteiger partial charge in [-0.3, -0.25) is 0 Å². The average Bonchev–Trinajstić information content (AvgIpc) is 2.91. The van der Waals surface area contributed by atoms with Crippen molar-refractivity contribution in [3.05, 3.63) is 115 Å². The molecule has 0 amide bonds. The molecule has 0 fully saturated rings. The molecule has 1 N–H and O–H groups in total. The third-order valence-corrected chi connectivity index (χ3v) is 5.69. The van der Waals surface area contributed by atoms with E-state index in [2.05, 4.69) is 6.58 Å². The van der Waals surface area contributed by atoms with Crippen molar-refractivity contribution < 1.29 is 23.8 Å². The monoisotopic (exact) mass is 482 g/mol. The van der Waals surface area contributed by atoms with Crippen LogP contribution < -0.4 is 4.74 Å². The first-order chi connectivity index (χ1) is 17.4. The summed E-state index contributed by atoms with van der Waals surface area (Å²) in [6.07, 6.45) is 0. The first kappa shape index (κ1) is 24.9. The number of carbonyl (C=O) groups excluding carboxylic acids is 1. The van der Waals surface area contributed by atoms with Crippen molar-refractivity contribution in [2.24, 2.45) is 0 Å². The van der Waals surface area contributed by atoms with Gasteiger partial charge >= 0.3 is 5.97 Å². The van der Waals surface area contributed by atoms with E-state index in [0.29, 0.717) is 16.9 Å². The van der Waals surface area contributed by atoms with Gasteiger partial charge in [0, 0.05) is 11.1 Å². The second kappa shape index (κ2) is 11.5. The molecule has 0 aliphatic rings. The molecule has 0 saturated heterocycles. The van der Waals surface area contributed by atoms with Crippen LogP contribution in [0.1, 0.15) is 12.5 Å². The maximum absolute atomic E-state index is 15.1. The summed E-state index contributed by atoms with van der Waals surface area (Å²) >= 11 is 0. The number of halogens is 1. The van der Waals surface area contributed by atoms with Crippen molar-refractivity contribution >= 4 is 5.97 Å². The lowest BCUT2D eigenvalue weighted by Crippen LogP contribution is -2.04. The molecule has 4 aromatic rings. The fraction of sp³-hybridized carbons (Fsp3) is 0.129. The lowest BCUT2D eigenvalue weighted by atomic mass is 9.97. The Morgan fingerprint density at radius 3 is 2.08 bits per heavy atom. The number of esters is 1. The van der Waals surface area contributed by atoms with Crippen LogP contribution in [0.5, 0.6) is 5.75 Å². The van der Waals surface area contributed by atoms with Crippen LogP contribution in [0.2, 0.25) is 0 Å². The molecular weight excluding hydrogens is 455 g/mol. The van der Waals surface area contributed by atoms with Crippen LogP contribution in [0.3, 0.4) is 0 Å². The predicted octanol–water partition coefficient (Wildman–Crippen LogP) is 6.82. The number of hydrogen-bond donors (Lipinski definition) is 1. The van der Waals surface area contributed by atoms with Gasteiger partial charge in [0.25, 0.3) is 0 Å². The molecule has 0 aliphatic carbocycles. The van der Waals surface area contributed by atoms with Crippen molar-refractivity contribution in [1.29, 1.82) is 0 Å². The Bertz CT molecular complexity index is 1360. The van der Waals surface area contributed by atoms with Crippen LogP contribution in [0, 0.1) is 5.82 Å². The average molecular weight is 483 g/mol. The lowest BCUT2D eigenvalue weighted by Gasteiger charge is -2.10. The van der Waals surface area contributed by atoms with E-state index in [4.69, 9.17) is 14.6 Å². The summed E-state index contributed by atoms with van der Waals surface area (Å²) < 4.78 is 25.7. The Kier molecular flexibility index (Phi) is 7.93. The van der Waals surface area contributed by atoms with Crippen LogP contribution in [-0.4, -0.2) is 24.3 Å². The highest BCUT2D eigenvalue weighted by atomic mass is 19.1. The first-order valence-electron chi connectivity index (χ1n) is 11.6. The van der Waals surface area contributed by atoms with Gasteiger partial charge in [0.1, 0.15) is 24.8 Å². The summed E-state index contributed by atoms with van der Waals surface area (Å²) in [5, 5.41) is 8.86. The van der Waals surface area contributed by atoms with E-state index in [1.807, 2.05) is 66.7 Å². The Labute approximate surface area is 210 Å². The number of aliphatic hydroxyl groups is 1. The smallest absolute Gasteiger partial charge is 0.333 e. The van der Waals surface area contributed by atoms with Gasteiger partial charge in [-0.1, -0.05) is 73.3 Å². The van der Waals surface area contributed by atoms with Gasteiger partial charge in [0.2, 0.25) is 0 Å². The molecule has 0 bridgehead atoms. The molecule has 0 atom stereocenters. The quantitative estimate of drug-likeness (QED) is 0.210. The minimum Gasteiger partial charge on any atom is -0.491 e.